The third kappa shape index (κ3) is 5.60. The van der Waals surface area contributed by atoms with Crippen LogP contribution >= 0.6 is 0 Å². The molecule has 4 heteroatoms. The number of aliphatic hydroxyl groups is 2. The summed E-state index contributed by atoms with van der Waals surface area (Å²) in [6.07, 6.45) is 12.2. The molecule has 2 N–H and O–H groups in total. The Kier molecular flexibility index (Phi) is 7.49. The van der Waals surface area contributed by atoms with E-state index in [-0.39, 0.29) is 11.7 Å². The van der Waals surface area contributed by atoms with Gasteiger partial charge in [-0.2, -0.15) is 0 Å². The third-order valence-corrected chi connectivity index (χ3v) is 9.45. The fraction of sp³-hybridized carbons (Fsp3) is 1.00. The van der Waals surface area contributed by atoms with E-state index in [0.29, 0.717) is 0 Å². The zero-order valence-corrected chi connectivity index (χ0v) is 19.8. The van der Waals surface area contributed by atoms with Crippen LogP contribution in [0, 0.1) is 35.5 Å². The number of nitrogens with zero attached hydrogens (tertiary/aromatic N) is 1. The molecular formula is C26H47NO3. The minimum Gasteiger partial charge on any atom is -0.393 e. The lowest BCUT2D eigenvalue weighted by molar-refractivity contribution is -0.0753. The molecule has 0 aromatic heterocycles. The Morgan fingerprint density at radius 2 is 1.60 bits per heavy atom. The number of hydrogen-bond acceptors (Lipinski definition) is 4. The molecule has 3 atom stereocenters. The zero-order valence-electron chi connectivity index (χ0n) is 19.8. The minimum absolute atomic E-state index is 0.0293. The molecule has 0 aromatic rings. The predicted octanol–water partition coefficient (Wildman–Crippen LogP) is 4.48. The highest BCUT2D eigenvalue weighted by Crippen LogP contribution is 2.46. The normalized spacial score (nSPS) is 42.5. The number of ether oxygens (including phenoxy) is 1. The fourth-order valence-electron chi connectivity index (χ4n) is 6.98. The van der Waals surface area contributed by atoms with Crippen LogP contribution in [-0.4, -0.2) is 59.2 Å². The molecule has 3 aliphatic carbocycles. The van der Waals surface area contributed by atoms with Crippen molar-refractivity contribution in [3.05, 3.63) is 0 Å². The van der Waals surface area contributed by atoms with Crippen molar-refractivity contribution in [2.45, 2.75) is 103 Å². The van der Waals surface area contributed by atoms with Crippen LogP contribution in [0.2, 0.25) is 0 Å². The average Bonchev–Trinajstić information content (AvgIpc) is 2.62. The topological polar surface area (TPSA) is 52.9 Å². The highest BCUT2D eigenvalue weighted by molar-refractivity contribution is 4.94. The molecule has 0 amide bonds. The van der Waals surface area contributed by atoms with E-state index >= 15 is 0 Å². The average molecular weight is 422 g/mol. The summed E-state index contributed by atoms with van der Waals surface area (Å²) in [6.45, 7) is 11.0. The number of rotatable bonds is 10. The van der Waals surface area contributed by atoms with Crippen LogP contribution in [0.15, 0.2) is 0 Å². The van der Waals surface area contributed by atoms with Crippen molar-refractivity contribution in [1.82, 2.24) is 4.90 Å². The molecule has 1 aliphatic heterocycles. The van der Waals surface area contributed by atoms with Crippen molar-refractivity contribution in [3.63, 3.8) is 0 Å². The SMILES string of the molecule is CC(CC(CCCC(C)C1CC(C)(O)C1)C1CC(O)C1)C1CC(N2CCOCC2)C1. The van der Waals surface area contributed by atoms with Crippen molar-refractivity contribution in [3.8, 4) is 0 Å². The van der Waals surface area contributed by atoms with E-state index in [0.717, 1.165) is 93.5 Å². The molecule has 0 aromatic carbocycles. The second kappa shape index (κ2) is 9.77. The van der Waals surface area contributed by atoms with E-state index in [1.807, 2.05) is 6.92 Å². The molecule has 1 heterocycles. The van der Waals surface area contributed by atoms with E-state index < -0.39 is 0 Å². The molecule has 30 heavy (non-hydrogen) atoms. The molecule has 4 aliphatic rings. The molecule has 4 nitrogen and oxygen atoms in total. The summed E-state index contributed by atoms with van der Waals surface area (Å²) >= 11 is 0. The smallest absolute Gasteiger partial charge is 0.0625 e. The molecule has 0 radical (unpaired) electrons. The summed E-state index contributed by atoms with van der Waals surface area (Å²) in [7, 11) is 0. The Bertz CT molecular complexity index is 526. The Morgan fingerprint density at radius 1 is 0.933 bits per heavy atom. The van der Waals surface area contributed by atoms with Crippen LogP contribution in [-0.2, 0) is 4.74 Å². The van der Waals surface area contributed by atoms with Gasteiger partial charge in [-0.3, -0.25) is 4.90 Å². The lowest BCUT2D eigenvalue weighted by atomic mass is 9.64. The maximum Gasteiger partial charge on any atom is 0.0625 e. The van der Waals surface area contributed by atoms with E-state index in [4.69, 9.17) is 4.74 Å². The molecule has 4 rings (SSSR count). The van der Waals surface area contributed by atoms with Gasteiger partial charge in [0.15, 0.2) is 0 Å². The number of morpholine rings is 1. The predicted molar refractivity (Wildman–Crippen MR) is 121 cm³/mol. The van der Waals surface area contributed by atoms with Gasteiger partial charge in [0.2, 0.25) is 0 Å². The molecular weight excluding hydrogens is 374 g/mol. The molecule has 0 bridgehead atoms. The van der Waals surface area contributed by atoms with Crippen molar-refractivity contribution < 1.29 is 14.9 Å². The first-order chi connectivity index (χ1) is 14.3. The summed E-state index contributed by atoms with van der Waals surface area (Å²) in [6, 6.07) is 0.811. The lowest BCUT2D eigenvalue weighted by Gasteiger charge is -2.48. The fourth-order valence-corrected chi connectivity index (χ4v) is 6.98. The summed E-state index contributed by atoms with van der Waals surface area (Å²) < 4.78 is 5.51. The highest BCUT2D eigenvalue weighted by atomic mass is 16.5. The Hall–Kier alpha value is -0.160. The van der Waals surface area contributed by atoms with Crippen molar-refractivity contribution in [1.29, 1.82) is 0 Å². The van der Waals surface area contributed by atoms with Gasteiger partial charge in [-0.05, 0) is 87.4 Å². The van der Waals surface area contributed by atoms with E-state index in [1.165, 1.54) is 38.5 Å². The van der Waals surface area contributed by atoms with E-state index in [9.17, 15) is 10.2 Å². The summed E-state index contributed by atoms with van der Waals surface area (Å²) in [4.78, 5) is 2.66. The van der Waals surface area contributed by atoms with E-state index in [1.54, 1.807) is 0 Å². The molecule has 0 spiro atoms. The number of aliphatic hydroxyl groups excluding tert-OH is 1. The van der Waals surface area contributed by atoms with Crippen LogP contribution in [0.3, 0.4) is 0 Å². The first kappa shape index (κ1) is 23.0. The van der Waals surface area contributed by atoms with Gasteiger partial charge in [0, 0.05) is 19.1 Å². The van der Waals surface area contributed by atoms with Crippen molar-refractivity contribution in [2.24, 2.45) is 35.5 Å². The quantitative estimate of drug-likeness (QED) is 0.546. The van der Waals surface area contributed by atoms with Crippen molar-refractivity contribution >= 4 is 0 Å². The largest absolute Gasteiger partial charge is 0.393 e. The van der Waals surface area contributed by atoms with E-state index in [2.05, 4.69) is 18.7 Å². The monoisotopic (exact) mass is 421 g/mol. The second-order valence-electron chi connectivity index (χ2n) is 12.0. The third-order valence-electron chi connectivity index (χ3n) is 9.45. The Labute approximate surface area is 184 Å². The second-order valence-corrected chi connectivity index (χ2v) is 12.0. The minimum atomic E-state index is -0.388. The van der Waals surface area contributed by atoms with Gasteiger partial charge < -0.3 is 14.9 Å². The van der Waals surface area contributed by atoms with Crippen LogP contribution in [0.25, 0.3) is 0 Å². The molecule has 1 saturated heterocycles. The summed E-state index contributed by atoms with van der Waals surface area (Å²) in [5, 5.41) is 19.9. The Morgan fingerprint density at radius 3 is 2.20 bits per heavy atom. The Balaban J connectivity index is 1.19. The summed E-state index contributed by atoms with van der Waals surface area (Å²) in [5.74, 6) is 4.77. The first-order valence-electron chi connectivity index (χ1n) is 13.0. The van der Waals surface area contributed by atoms with Crippen molar-refractivity contribution in [2.75, 3.05) is 26.3 Å². The zero-order chi connectivity index (χ0) is 21.3. The van der Waals surface area contributed by atoms with Gasteiger partial charge >= 0.3 is 0 Å². The molecule has 4 fully saturated rings. The standard InChI is InChI=1S/C26H47NO3/c1-18(23-16-26(3,29)17-23)5-4-6-20(22-14-25(28)15-22)11-19(2)21-12-24(13-21)27-7-9-30-10-8-27/h18-25,28-29H,4-17H2,1-3H3. The molecule has 174 valence electrons. The van der Waals surface area contributed by atoms with Gasteiger partial charge in [-0.15, -0.1) is 0 Å². The summed E-state index contributed by atoms with van der Waals surface area (Å²) in [5.41, 5.74) is -0.388. The molecule has 3 unspecified atom stereocenters. The van der Waals surface area contributed by atoms with Gasteiger partial charge in [0.25, 0.3) is 0 Å². The van der Waals surface area contributed by atoms with Crippen LogP contribution in [0.4, 0.5) is 0 Å². The van der Waals surface area contributed by atoms with Gasteiger partial charge in [0.1, 0.15) is 0 Å². The maximum atomic E-state index is 10.0. The molecule has 3 saturated carbocycles. The lowest BCUT2D eigenvalue weighted by Crippen LogP contribution is -2.51. The van der Waals surface area contributed by atoms with Crippen LogP contribution in [0.1, 0.15) is 85.0 Å². The van der Waals surface area contributed by atoms with Gasteiger partial charge in [-0.25, -0.2) is 0 Å². The van der Waals surface area contributed by atoms with Gasteiger partial charge in [0.05, 0.1) is 24.9 Å². The van der Waals surface area contributed by atoms with Gasteiger partial charge in [-0.1, -0.05) is 33.1 Å². The maximum absolute atomic E-state index is 10.0. The van der Waals surface area contributed by atoms with Crippen LogP contribution in [0.5, 0.6) is 0 Å². The first-order valence-corrected chi connectivity index (χ1v) is 13.0. The van der Waals surface area contributed by atoms with Crippen LogP contribution < -0.4 is 0 Å². The highest BCUT2D eigenvalue weighted by Gasteiger charge is 2.42. The number of hydrogen-bond donors (Lipinski definition) is 2.